The average Bonchev–Trinajstić information content (AvgIpc) is 3.15. The van der Waals surface area contributed by atoms with Gasteiger partial charge in [-0.25, -0.2) is 0 Å². The van der Waals surface area contributed by atoms with Crippen LogP contribution in [0.25, 0.3) is 0 Å². The first-order chi connectivity index (χ1) is 17.0. The van der Waals surface area contributed by atoms with E-state index in [9.17, 15) is 4.79 Å². The number of unbranched alkanes of at least 4 members (excludes halogenated alkanes) is 8. The fourth-order valence-electron chi connectivity index (χ4n) is 5.79. The Labute approximate surface area is 216 Å². The number of carbonyl (C=O) groups is 1. The molecule has 2 aliphatic heterocycles. The number of rotatable bonds is 12. The first-order valence-corrected chi connectivity index (χ1v) is 13.9. The summed E-state index contributed by atoms with van der Waals surface area (Å²) in [4.78, 5) is 12.5. The lowest BCUT2D eigenvalue weighted by Gasteiger charge is -2.29. The number of likely N-dealkylation sites (tertiary alicyclic amines) is 1. The van der Waals surface area contributed by atoms with Gasteiger partial charge < -0.3 is 9.47 Å². The summed E-state index contributed by atoms with van der Waals surface area (Å²) in [6, 6.07) is 14.2. The molecule has 5 heteroatoms. The maximum Gasteiger partial charge on any atom is 0.310 e. The minimum absolute atomic E-state index is 0.0634. The quantitative estimate of drug-likeness (QED) is 0.168. The van der Waals surface area contributed by atoms with Gasteiger partial charge in [0.15, 0.2) is 0 Å². The van der Waals surface area contributed by atoms with Crippen LogP contribution < -0.4 is 4.74 Å². The van der Waals surface area contributed by atoms with Crippen molar-refractivity contribution in [3.8, 4) is 11.5 Å². The van der Waals surface area contributed by atoms with Crippen molar-refractivity contribution >= 4 is 17.6 Å². The Bertz CT molecular complexity index is 993. The maximum absolute atomic E-state index is 12.5. The standard InChI is InChI=1S/C30H41ClNO3/c1-3-4-5-6-7-8-9-10-11-16-30(33)34-22-32(2)20-26-24-14-12-13-15-28(24)35-29-18-17-23(31)19-25(29)27(26)21-32/h12-15,17-19,26-27H,3-11,16,20-22H2,1-2H3/q+1. The zero-order valence-electron chi connectivity index (χ0n) is 21.4. The highest BCUT2D eigenvalue weighted by Crippen LogP contribution is 2.51. The van der Waals surface area contributed by atoms with Crippen molar-refractivity contribution in [3.63, 3.8) is 0 Å². The molecule has 1 fully saturated rings. The Balaban J connectivity index is 1.29. The fraction of sp³-hybridized carbons (Fsp3) is 0.567. The molecule has 3 unspecified atom stereocenters. The molecular weight excluding hydrogens is 458 g/mol. The van der Waals surface area contributed by atoms with Crippen LogP contribution in [0.5, 0.6) is 11.5 Å². The number of ether oxygens (including phenoxy) is 2. The lowest BCUT2D eigenvalue weighted by atomic mass is 9.84. The number of halogens is 1. The van der Waals surface area contributed by atoms with E-state index in [0.29, 0.717) is 23.6 Å². The van der Waals surface area contributed by atoms with E-state index in [4.69, 9.17) is 21.1 Å². The van der Waals surface area contributed by atoms with Gasteiger partial charge in [-0.15, -0.1) is 0 Å². The second-order valence-corrected chi connectivity index (χ2v) is 11.2. The van der Waals surface area contributed by atoms with E-state index in [1.54, 1.807) is 0 Å². The highest BCUT2D eigenvalue weighted by Gasteiger charge is 2.48. The topological polar surface area (TPSA) is 35.5 Å². The molecule has 0 aromatic heterocycles. The molecule has 2 aromatic carbocycles. The summed E-state index contributed by atoms with van der Waals surface area (Å²) in [5, 5.41) is 0.727. The molecule has 0 amide bonds. The molecule has 0 radical (unpaired) electrons. The first-order valence-electron chi connectivity index (χ1n) is 13.5. The molecule has 0 saturated carbocycles. The predicted octanol–water partition coefficient (Wildman–Crippen LogP) is 8.19. The third kappa shape index (κ3) is 6.80. The zero-order chi connectivity index (χ0) is 24.7. The summed E-state index contributed by atoms with van der Waals surface area (Å²) in [6.45, 7) is 4.47. The smallest absolute Gasteiger partial charge is 0.310 e. The Morgan fingerprint density at radius 2 is 1.54 bits per heavy atom. The van der Waals surface area contributed by atoms with Gasteiger partial charge in [0.1, 0.15) is 11.5 Å². The number of para-hydroxylation sites is 1. The van der Waals surface area contributed by atoms with Gasteiger partial charge in [0.05, 0.1) is 20.1 Å². The second kappa shape index (κ2) is 12.3. The molecule has 0 N–H and O–H groups in total. The van der Waals surface area contributed by atoms with Crippen molar-refractivity contribution < 1.29 is 18.8 Å². The Morgan fingerprint density at radius 1 is 0.914 bits per heavy atom. The number of hydrogen-bond donors (Lipinski definition) is 0. The van der Waals surface area contributed by atoms with Gasteiger partial charge in [0, 0.05) is 34.4 Å². The summed E-state index contributed by atoms with van der Waals surface area (Å²) in [5.41, 5.74) is 2.38. The number of fused-ring (bicyclic) bond motifs is 5. The van der Waals surface area contributed by atoms with E-state index in [2.05, 4.69) is 26.1 Å². The zero-order valence-corrected chi connectivity index (χ0v) is 22.2. The van der Waals surface area contributed by atoms with Gasteiger partial charge in [0.2, 0.25) is 6.73 Å². The van der Waals surface area contributed by atoms with Crippen molar-refractivity contribution in [2.45, 2.75) is 83.0 Å². The molecule has 1 saturated heterocycles. The van der Waals surface area contributed by atoms with Gasteiger partial charge in [-0.3, -0.25) is 9.28 Å². The van der Waals surface area contributed by atoms with Crippen LogP contribution in [0, 0.1) is 0 Å². The lowest BCUT2D eigenvalue weighted by Crippen LogP contribution is -2.44. The molecular formula is C30H41ClNO3+. The minimum atomic E-state index is -0.0634. The van der Waals surface area contributed by atoms with E-state index in [-0.39, 0.29) is 11.9 Å². The van der Waals surface area contributed by atoms with E-state index in [0.717, 1.165) is 48.0 Å². The molecule has 190 valence electrons. The molecule has 2 heterocycles. The van der Waals surface area contributed by atoms with Gasteiger partial charge in [-0.1, -0.05) is 88.1 Å². The minimum Gasteiger partial charge on any atom is -0.457 e. The fourth-order valence-corrected chi connectivity index (χ4v) is 5.98. The number of nitrogens with zero attached hydrogens (tertiary/aromatic N) is 1. The van der Waals surface area contributed by atoms with Crippen LogP contribution in [0.1, 0.15) is 94.1 Å². The van der Waals surface area contributed by atoms with Crippen molar-refractivity contribution in [2.75, 3.05) is 26.9 Å². The summed E-state index contributed by atoms with van der Waals surface area (Å²) < 4.78 is 12.8. The number of esters is 1. The molecule has 35 heavy (non-hydrogen) atoms. The normalized spacial score (nSPS) is 22.5. The molecule has 2 aliphatic rings. The first kappa shape index (κ1) is 26.0. The van der Waals surface area contributed by atoms with Crippen LogP contribution in [-0.2, 0) is 9.53 Å². The summed E-state index contributed by atoms with van der Waals surface area (Å²) in [5.74, 6) is 2.30. The van der Waals surface area contributed by atoms with E-state index < -0.39 is 0 Å². The van der Waals surface area contributed by atoms with Crippen molar-refractivity contribution in [2.24, 2.45) is 0 Å². The van der Waals surface area contributed by atoms with Crippen LogP contribution in [-0.4, -0.2) is 37.3 Å². The largest absolute Gasteiger partial charge is 0.457 e. The van der Waals surface area contributed by atoms with Gasteiger partial charge >= 0.3 is 5.97 Å². The van der Waals surface area contributed by atoms with Gasteiger partial charge in [0.25, 0.3) is 0 Å². The molecule has 0 aliphatic carbocycles. The SMILES string of the molecule is CCCCCCCCCCCC(=O)OC[N+]1(C)CC2c3ccccc3Oc3ccc(Cl)cc3C2C1. The third-order valence-electron chi connectivity index (χ3n) is 7.69. The predicted molar refractivity (Wildman–Crippen MR) is 142 cm³/mol. The molecule has 0 bridgehead atoms. The van der Waals surface area contributed by atoms with Crippen LogP contribution in [0.2, 0.25) is 5.02 Å². The van der Waals surface area contributed by atoms with Crippen molar-refractivity contribution in [3.05, 3.63) is 58.6 Å². The Morgan fingerprint density at radius 3 is 2.29 bits per heavy atom. The molecule has 2 aromatic rings. The summed E-state index contributed by atoms with van der Waals surface area (Å²) >= 11 is 6.38. The second-order valence-electron chi connectivity index (χ2n) is 10.7. The average molecular weight is 499 g/mol. The maximum atomic E-state index is 12.5. The van der Waals surface area contributed by atoms with E-state index in [1.165, 1.54) is 50.5 Å². The van der Waals surface area contributed by atoms with Gasteiger partial charge in [-0.2, -0.15) is 0 Å². The highest BCUT2D eigenvalue weighted by molar-refractivity contribution is 6.30. The highest BCUT2D eigenvalue weighted by atomic mass is 35.5. The third-order valence-corrected chi connectivity index (χ3v) is 7.93. The monoisotopic (exact) mass is 498 g/mol. The molecule has 4 nitrogen and oxygen atoms in total. The lowest BCUT2D eigenvalue weighted by molar-refractivity contribution is -0.915. The summed E-state index contributed by atoms with van der Waals surface area (Å²) in [7, 11) is 2.20. The van der Waals surface area contributed by atoms with Crippen molar-refractivity contribution in [1.29, 1.82) is 0 Å². The molecule has 4 rings (SSSR count). The van der Waals surface area contributed by atoms with Crippen LogP contribution in [0.15, 0.2) is 42.5 Å². The molecule has 3 atom stereocenters. The number of likely N-dealkylation sites (N-methyl/N-ethyl adjacent to an activating group) is 1. The summed E-state index contributed by atoms with van der Waals surface area (Å²) in [6.07, 6.45) is 11.8. The van der Waals surface area contributed by atoms with Crippen LogP contribution in [0.3, 0.4) is 0 Å². The number of benzene rings is 2. The number of quaternary nitrogens is 1. The number of hydrogen-bond acceptors (Lipinski definition) is 3. The van der Waals surface area contributed by atoms with Crippen LogP contribution in [0.4, 0.5) is 0 Å². The van der Waals surface area contributed by atoms with E-state index >= 15 is 0 Å². The Kier molecular flexibility index (Phi) is 9.13. The van der Waals surface area contributed by atoms with Crippen molar-refractivity contribution in [1.82, 2.24) is 0 Å². The van der Waals surface area contributed by atoms with Crippen LogP contribution >= 0.6 is 11.6 Å². The van der Waals surface area contributed by atoms with Gasteiger partial charge in [-0.05, 0) is 30.7 Å². The van der Waals surface area contributed by atoms with E-state index in [1.807, 2.05) is 30.3 Å². The molecule has 0 spiro atoms. The Hall–Kier alpha value is -2.04. The number of carbonyl (C=O) groups excluding carboxylic acids is 1.